The summed E-state index contributed by atoms with van der Waals surface area (Å²) in [6, 6.07) is 95.8. The average Bonchev–Trinajstić information content (AvgIpc) is 4.36. The minimum atomic E-state index is 0.0786. The van der Waals surface area contributed by atoms with Gasteiger partial charge in [-0.2, -0.15) is 0 Å². The summed E-state index contributed by atoms with van der Waals surface area (Å²) in [5.41, 5.74) is 26.0. The van der Waals surface area contributed by atoms with Crippen molar-refractivity contribution < 1.29 is 0 Å². The molecule has 4 aliphatic carbocycles. The second-order valence-corrected chi connectivity index (χ2v) is 21.9. The molecule has 0 radical (unpaired) electrons. The quantitative estimate of drug-likeness (QED) is 0.142. The SMILES string of the molecule is c1ccc(-c2cc(-c3ccccc3)cc(N(c3ccc(-c4ccc(N(c5ccc6c(c5)C5(CCCC5)c5ccccc5-6)c5ccc6c(c5)C5(CCCC5)c5ccccc5-6)cc4)cc3)c3cccc4ccccc34)c2)cc1. The van der Waals surface area contributed by atoms with E-state index in [0.29, 0.717) is 0 Å². The molecule has 0 atom stereocenters. The molecular formula is C74H58N2. The lowest BCUT2D eigenvalue weighted by Crippen LogP contribution is -2.22. The van der Waals surface area contributed by atoms with Crippen LogP contribution >= 0.6 is 0 Å². The van der Waals surface area contributed by atoms with Gasteiger partial charge in [0.2, 0.25) is 0 Å². The summed E-state index contributed by atoms with van der Waals surface area (Å²) in [7, 11) is 0. The van der Waals surface area contributed by atoms with E-state index in [0.717, 1.165) is 17.1 Å². The van der Waals surface area contributed by atoms with Crippen molar-refractivity contribution in [3.8, 4) is 55.6 Å². The van der Waals surface area contributed by atoms with E-state index < -0.39 is 0 Å². The molecule has 11 aromatic carbocycles. The number of anilines is 6. The summed E-state index contributed by atoms with van der Waals surface area (Å²) in [5, 5.41) is 2.42. The van der Waals surface area contributed by atoms with Gasteiger partial charge in [-0.1, -0.05) is 208 Å². The molecule has 76 heavy (non-hydrogen) atoms. The highest BCUT2D eigenvalue weighted by atomic mass is 15.1. The van der Waals surface area contributed by atoms with Gasteiger partial charge in [0.25, 0.3) is 0 Å². The second kappa shape index (κ2) is 18.0. The standard InChI is InChI=1S/C74H58N2/c1-3-18-51(19-4-1)56-46-57(52-20-5-2-6-21-52)48-62(47-56)76(72-29-17-23-55-22-7-8-24-63(55)72)59-36-32-54(33-37-59)53-30-34-58(35-31-53)75(60-38-40-66-64-25-9-11-27-68(64)73(70(66)49-60)42-13-14-43-73)61-39-41-67-65-26-10-12-28-69(65)74(71(67)50-61)44-15-16-45-74/h1-12,17-41,46-50H,13-16,42-45H2. The van der Waals surface area contributed by atoms with E-state index in [9.17, 15) is 0 Å². The maximum Gasteiger partial charge on any atom is 0.0540 e. The molecule has 11 aromatic rings. The van der Waals surface area contributed by atoms with Crippen molar-refractivity contribution in [1.29, 1.82) is 0 Å². The number of fused-ring (bicyclic) bond motifs is 11. The van der Waals surface area contributed by atoms with Gasteiger partial charge < -0.3 is 9.80 Å². The van der Waals surface area contributed by atoms with Crippen LogP contribution in [0.5, 0.6) is 0 Å². The van der Waals surface area contributed by atoms with Crippen molar-refractivity contribution in [3.05, 3.63) is 277 Å². The van der Waals surface area contributed by atoms with Gasteiger partial charge in [0.15, 0.2) is 0 Å². The molecule has 364 valence electrons. The molecular weight excluding hydrogens is 917 g/mol. The van der Waals surface area contributed by atoms with Gasteiger partial charge in [0, 0.05) is 44.7 Å². The first-order chi connectivity index (χ1) is 37.6. The van der Waals surface area contributed by atoms with Crippen molar-refractivity contribution >= 4 is 44.9 Å². The zero-order chi connectivity index (χ0) is 50.2. The normalized spacial score (nSPS) is 15.2. The van der Waals surface area contributed by atoms with Gasteiger partial charge in [-0.25, -0.2) is 0 Å². The molecule has 15 rings (SSSR count). The van der Waals surface area contributed by atoms with E-state index in [1.807, 2.05) is 0 Å². The Morgan fingerprint density at radius 1 is 0.250 bits per heavy atom. The molecule has 2 saturated carbocycles. The van der Waals surface area contributed by atoms with Crippen LogP contribution in [-0.4, -0.2) is 0 Å². The monoisotopic (exact) mass is 974 g/mol. The summed E-state index contributed by atoms with van der Waals surface area (Å²) >= 11 is 0. The first-order valence-electron chi connectivity index (χ1n) is 27.7. The Morgan fingerprint density at radius 3 is 1.18 bits per heavy atom. The van der Waals surface area contributed by atoms with E-state index in [-0.39, 0.29) is 10.8 Å². The fourth-order valence-electron chi connectivity index (χ4n) is 14.4. The summed E-state index contributed by atoms with van der Waals surface area (Å²) < 4.78 is 0. The molecule has 0 saturated heterocycles. The Morgan fingerprint density at radius 2 is 0.658 bits per heavy atom. The van der Waals surface area contributed by atoms with Crippen molar-refractivity contribution in [3.63, 3.8) is 0 Å². The van der Waals surface area contributed by atoms with Crippen LogP contribution in [0.25, 0.3) is 66.4 Å². The molecule has 0 amide bonds. The van der Waals surface area contributed by atoms with Gasteiger partial charge in [-0.05, 0) is 182 Å². The first kappa shape index (κ1) is 44.7. The van der Waals surface area contributed by atoms with Gasteiger partial charge in [-0.3, -0.25) is 0 Å². The minimum absolute atomic E-state index is 0.0786. The van der Waals surface area contributed by atoms with Crippen LogP contribution in [0.3, 0.4) is 0 Å². The maximum atomic E-state index is 2.57. The van der Waals surface area contributed by atoms with E-state index in [2.05, 4.69) is 265 Å². The summed E-state index contributed by atoms with van der Waals surface area (Å²) in [6.45, 7) is 0. The van der Waals surface area contributed by atoms with Crippen LogP contribution in [0.2, 0.25) is 0 Å². The predicted molar refractivity (Wildman–Crippen MR) is 319 cm³/mol. The van der Waals surface area contributed by atoms with Gasteiger partial charge in [-0.15, -0.1) is 0 Å². The van der Waals surface area contributed by atoms with Crippen molar-refractivity contribution in [1.82, 2.24) is 0 Å². The first-order valence-corrected chi connectivity index (χ1v) is 27.7. The van der Waals surface area contributed by atoms with E-state index in [1.165, 1.54) is 157 Å². The van der Waals surface area contributed by atoms with Crippen LogP contribution in [0.4, 0.5) is 34.1 Å². The molecule has 0 aromatic heterocycles. The summed E-state index contributed by atoms with van der Waals surface area (Å²) in [4.78, 5) is 5.00. The van der Waals surface area contributed by atoms with Gasteiger partial charge in [0.1, 0.15) is 0 Å². The van der Waals surface area contributed by atoms with Crippen LogP contribution in [0.15, 0.2) is 255 Å². The van der Waals surface area contributed by atoms with Crippen LogP contribution in [0.1, 0.15) is 73.6 Å². The zero-order valence-electron chi connectivity index (χ0n) is 42.8. The fourth-order valence-corrected chi connectivity index (χ4v) is 14.4. The molecule has 0 unspecified atom stereocenters. The number of hydrogen-bond acceptors (Lipinski definition) is 2. The zero-order valence-corrected chi connectivity index (χ0v) is 42.8. The highest BCUT2D eigenvalue weighted by Gasteiger charge is 2.47. The highest BCUT2D eigenvalue weighted by Crippen LogP contribution is 2.60. The Kier molecular flexibility index (Phi) is 10.6. The Hall–Kier alpha value is -8.72. The van der Waals surface area contributed by atoms with Gasteiger partial charge >= 0.3 is 0 Å². The van der Waals surface area contributed by atoms with Crippen LogP contribution in [-0.2, 0) is 10.8 Å². The lowest BCUT2D eigenvalue weighted by atomic mass is 9.76. The lowest BCUT2D eigenvalue weighted by molar-refractivity contribution is 0.549. The second-order valence-electron chi connectivity index (χ2n) is 21.9. The highest BCUT2D eigenvalue weighted by molar-refractivity contribution is 6.00. The third-order valence-corrected chi connectivity index (χ3v) is 17.9. The topological polar surface area (TPSA) is 6.48 Å². The van der Waals surface area contributed by atoms with Gasteiger partial charge in [0.05, 0.1) is 5.69 Å². The summed E-state index contributed by atoms with van der Waals surface area (Å²) in [5.74, 6) is 0. The molecule has 2 heteroatoms. The average molecular weight is 975 g/mol. The predicted octanol–water partition coefficient (Wildman–Crippen LogP) is 20.5. The number of rotatable bonds is 9. The third kappa shape index (κ3) is 7.15. The molecule has 0 N–H and O–H groups in total. The smallest absolute Gasteiger partial charge is 0.0540 e. The van der Waals surface area contributed by atoms with E-state index in [1.54, 1.807) is 0 Å². The summed E-state index contributed by atoms with van der Waals surface area (Å²) in [6.07, 6.45) is 9.93. The van der Waals surface area contributed by atoms with Crippen LogP contribution < -0.4 is 9.80 Å². The Bertz CT molecular complexity index is 3810. The molecule has 4 aliphatic rings. The lowest BCUT2D eigenvalue weighted by Gasteiger charge is -2.31. The maximum absolute atomic E-state index is 2.57. The molecule has 0 heterocycles. The number of hydrogen-bond donors (Lipinski definition) is 0. The van der Waals surface area contributed by atoms with Crippen molar-refractivity contribution in [2.45, 2.75) is 62.2 Å². The van der Waals surface area contributed by atoms with Crippen molar-refractivity contribution in [2.75, 3.05) is 9.80 Å². The number of benzene rings is 11. The Balaban J connectivity index is 0.837. The third-order valence-electron chi connectivity index (χ3n) is 17.9. The molecule has 2 spiro atoms. The van der Waals surface area contributed by atoms with Crippen molar-refractivity contribution in [2.24, 2.45) is 0 Å². The molecule has 0 bridgehead atoms. The fraction of sp³-hybridized carbons (Fsp3) is 0.135. The Labute approximate surface area is 447 Å². The van der Waals surface area contributed by atoms with Crippen LogP contribution in [0, 0.1) is 0 Å². The molecule has 2 fully saturated rings. The van der Waals surface area contributed by atoms with E-state index >= 15 is 0 Å². The minimum Gasteiger partial charge on any atom is -0.310 e. The van der Waals surface area contributed by atoms with E-state index in [4.69, 9.17) is 0 Å². The number of nitrogens with zero attached hydrogens (tertiary/aromatic N) is 2. The largest absolute Gasteiger partial charge is 0.310 e. The molecule has 2 nitrogen and oxygen atoms in total. The molecule has 0 aliphatic heterocycles.